The van der Waals surface area contributed by atoms with Crippen LogP contribution in [0.5, 0.6) is 0 Å². The number of likely N-dealkylation sites (tertiary alicyclic amines) is 1. The maximum atomic E-state index is 14.3. The summed E-state index contributed by atoms with van der Waals surface area (Å²) < 4.78 is 28.1. The van der Waals surface area contributed by atoms with E-state index in [0.717, 1.165) is 31.7 Å². The van der Waals surface area contributed by atoms with Gasteiger partial charge < -0.3 is 15.5 Å². The highest BCUT2D eigenvalue weighted by atomic mass is 35.5. The molecule has 3 fully saturated rings. The van der Waals surface area contributed by atoms with E-state index in [1.54, 1.807) is 6.92 Å². The lowest BCUT2D eigenvalue weighted by molar-refractivity contribution is -0.150. The number of hydrogen-bond donors (Lipinski definition) is 3. The number of carbonyl (C=O) groups is 5. The zero-order chi connectivity index (χ0) is 28.4. The maximum absolute atomic E-state index is 14.3. The number of carbonyl (C=O) groups excluding carboxylic acids is 5. The topological polar surface area (TPSA) is 128 Å². The van der Waals surface area contributed by atoms with Gasteiger partial charge >= 0.3 is 0 Å². The van der Waals surface area contributed by atoms with E-state index in [1.807, 2.05) is 6.92 Å². The largest absolute Gasteiger partial charge is 0.356 e. The summed E-state index contributed by atoms with van der Waals surface area (Å²) >= 11 is 5.39. The Morgan fingerprint density at radius 3 is 2.47 bits per heavy atom. The zero-order valence-electron chi connectivity index (χ0n) is 22.3. The number of halogens is 3. The number of rotatable bonds is 9. The standard InChI is InChI=1S/C25H38ClF2N5O5/c1-5-13(2)17(30-24(38)25(3,4)28)22(36)32-11-14-7-6-8-16(14)18(32)21(35)31-33(23(37)19(26)27)12-15-9-10-29-20(15)34/h13-19H,5-12H2,1-4H3,(H,29,34)(H,30,38)(H,31,35)/t13-,14-,15-,16-,17-,18-,19-/m0/s1. The van der Waals surface area contributed by atoms with Crippen molar-refractivity contribution in [1.29, 1.82) is 0 Å². The fourth-order valence-corrected chi connectivity index (χ4v) is 5.71. The first-order valence-corrected chi connectivity index (χ1v) is 13.7. The first-order valence-electron chi connectivity index (χ1n) is 13.2. The quantitative estimate of drug-likeness (QED) is 0.290. The van der Waals surface area contributed by atoms with Crippen LogP contribution in [-0.4, -0.2) is 82.5 Å². The van der Waals surface area contributed by atoms with Crippen molar-refractivity contribution in [3.8, 4) is 0 Å². The first-order chi connectivity index (χ1) is 17.8. The molecule has 0 spiro atoms. The molecular weight excluding hydrogens is 524 g/mol. The molecule has 2 heterocycles. The van der Waals surface area contributed by atoms with Gasteiger partial charge in [-0.3, -0.25) is 29.4 Å². The van der Waals surface area contributed by atoms with Gasteiger partial charge in [-0.25, -0.2) is 13.8 Å². The van der Waals surface area contributed by atoms with Crippen LogP contribution in [0.2, 0.25) is 0 Å². The molecule has 0 bridgehead atoms. The molecule has 3 N–H and O–H groups in total. The van der Waals surface area contributed by atoms with Gasteiger partial charge in [-0.05, 0) is 50.9 Å². The molecule has 0 unspecified atom stereocenters. The van der Waals surface area contributed by atoms with Gasteiger partial charge in [0.05, 0.1) is 12.5 Å². The summed E-state index contributed by atoms with van der Waals surface area (Å²) in [5, 5.41) is 5.87. The summed E-state index contributed by atoms with van der Waals surface area (Å²) in [7, 11) is 0. The van der Waals surface area contributed by atoms with Crippen LogP contribution < -0.4 is 16.1 Å². The molecule has 3 rings (SSSR count). The summed E-state index contributed by atoms with van der Waals surface area (Å²) in [4.78, 5) is 65.8. The van der Waals surface area contributed by atoms with Crippen molar-refractivity contribution in [2.75, 3.05) is 19.6 Å². The van der Waals surface area contributed by atoms with Crippen LogP contribution in [0.15, 0.2) is 0 Å². The van der Waals surface area contributed by atoms with Gasteiger partial charge in [-0.15, -0.1) is 0 Å². The number of amides is 5. The molecule has 2 aliphatic heterocycles. The van der Waals surface area contributed by atoms with E-state index in [9.17, 15) is 32.8 Å². The number of alkyl halides is 3. The second-order valence-electron chi connectivity index (χ2n) is 11.1. The third-order valence-electron chi connectivity index (χ3n) is 8.01. The van der Waals surface area contributed by atoms with E-state index < -0.39 is 52.9 Å². The summed E-state index contributed by atoms with van der Waals surface area (Å²) in [6, 6.07) is -2.05. The second-order valence-corrected chi connectivity index (χ2v) is 11.5. The smallest absolute Gasteiger partial charge is 0.291 e. The average Bonchev–Trinajstić information content (AvgIpc) is 3.56. The van der Waals surface area contributed by atoms with Crippen LogP contribution in [0.4, 0.5) is 8.78 Å². The van der Waals surface area contributed by atoms with Crippen LogP contribution in [-0.2, 0) is 24.0 Å². The number of hydrogen-bond acceptors (Lipinski definition) is 5. The Morgan fingerprint density at radius 1 is 1.24 bits per heavy atom. The van der Waals surface area contributed by atoms with Crippen molar-refractivity contribution in [2.24, 2.45) is 23.7 Å². The molecule has 1 saturated carbocycles. The van der Waals surface area contributed by atoms with Crippen LogP contribution in [0.1, 0.15) is 59.8 Å². The molecule has 0 radical (unpaired) electrons. The molecule has 38 heavy (non-hydrogen) atoms. The monoisotopic (exact) mass is 561 g/mol. The van der Waals surface area contributed by atoms with Gasteiger partial charge in [0.25, 0.3) is 23.4 Å². The van der Waals surface area contributed by atoms with Crippen molar-refractivity contribution < 1.29 is 32.8 Å². The molecule has 1 aliphatic carbocycles. The second kappa shape index (κ2) is 12.1. The van der Waals surface area contributed by atoms with E-state index in [-0.39, 0.29) is 36.8 Å². The molecule has 0 aromatic heterocycles. The lowest BCUT2D eigenvalue weighted by Gasteiger charge is -2.35. The van der Waals surface area contributed by atoms with Crippen molar-refractivity contribution in [2.45, 2.75) is 83.2 Å². The highest BCUT2D eigenvalue weighted by molar-refractivity contribution is 6.29. The lowest BCUT2D eigenvalue weighted by atomic mass is 9.93. The molecule has 2 saturated heterocycles. The van der Waals surface area contributed by atoms with Crippen LogP contribution >= 0.6 is 11.6 Å². The van der Waals surface area contributed by atoms with E-state index in [1.165, 1.54) is 4.90 Å². The van der Waals surface area contributed by atoms with Crippen LogP contribution in [0.25, 0.3) is 0 Å². The molecule has 7 atom stereocenters. The normalized spacial score (nSPS) is 27.2. The van der Waals surface area contributed by atoms with Crippen molar-refractivity contribution in [3.63, 3.8) is 0 Å². The van der Waals surface area contributed by atoms with Crippen molar-refractivity contribution >= 4 is 41.1 Å². The lowest BCUT2D eigenvalue weighted by Crippen LogP contribution is -2.60. The summed E-state index contributed by atoms with van der Waals surface area (Å²) in [6.45, 7) is 6.19. The fourth-order valence-electron chi connectivity index (χ4n) is 5.59. The van der Waals surface area contributed by atoms with Gasteiger partial charge in [-0.1, -0.05) is 38.3 Å². The Balaban J connectivity index is 1.86. The van der Waals surface area contributed by atoms with E-state index in [2.05, 4.69) is 16.1 Å². The molecule has 3 aliphatic rings. The third-order valence-corrected chi connectivity index (χ3v) is 8.20. The molecule has 0 aromatic carbocycles. The predicted octanol–water partition coefficient (Wildman–Crippen LogP) is 1.42. The van der Waals surface area contributed by atoms with Gasteiger partial charge in [-0.2, -0.15) is 0 Å². The van der Waals surface area contributed by atoms with Crippen molar-refractivity contribution in [1.82, 2.24) is 26.0 Å². The Labute approximate surface area is 226 Å². The summed E-state index contributed by atoms with van der Waals surface area (Å²) in [5.74, 6) is -4.84. The minimum absolute atomic E-state index is 0.0345. The van der Waals surface area contributed by atoms with Gasteiger partial charge in [0.15, 0.2) is 5.67 Å². The van der Waals surface area contributed by atoms with Crippen LogP contribution in [0, 0.1) is 23.7 Å². The fraction of sp³-hybridized carbons (Fsp3) is 0.800. The molecule has 0 aromatic rings. The molecule has 13 heteroatoms. The van der Waals surface area contributed by atoms with E-state index >= 15 is 0 Å². The molecule has 10 nitrogen and oxygen atoms in total. The number of nitrogens with zero attached hydrogens (tertiary/aromatic N) is 2. The van der Waals surface area contributed by atoms with Gasteiger partial charge in [0.2, 0.25) is 11.8 Å². The minimum Gasteiger partial charge on any atom is -0.356 e. The Hall–Kier alpha value is -2.50. The minimum atomic E-state index is -2.44. The third kappa shape index (κ3) is 6.55. The molecular formula is C25H38ClF2N5O5. The predicted molar refractivity (Wildman–Crippen MR) is 135 cm³/mol. The highest BCUT2D eigenvalue weighted by Gasteiger charge is 2.51. The SMILES string of the molecule is CC[C@H](C)[C@H](NC(=O)C(C)(C)F)C(=O)N1C[C@@H]2CCC[C@@H]2[C@H]1C(=O)NN(C[C@@H]1CCNC1=O)C(=O)[C@H](F)Cl. The molecule has 214 valence electrons. The number of nitrogens with one attached hydrogen (secondary N) is 3. The van der Waals surface area contributed by atoms with Crippen LogP contribution in [0.3, 0.4) is 0 Å². The van der Waals surface area contributed by atoms with Gasteiger partial charge in [0, 0.05) is 13.1 Å². The highest BCUT2D eigenvalue weighted by Crippen LogP contribution is 2.43. The summed E-state index contributed by atoms with van der Waals surface area (Å²) in [6.07, 6.45) is 3.25. The first kappa shape index (κ1) is 30.0. The zero-order valence-corrected chi connectivity index (χ0v) is 23.0. The van der Waals surface area contributed by atoms with Gasteiger partial charge in [0.1, 0.15) is 12.1 Å². The number of fused-ring (bicyclic) bond motifs is 1. The average molecular weight is 562 g/mol. The van der Waals surface area contributed by atoms with Crippen molar-refractivity contribution in [3.05, 3.63) is 0 Å². The Kier molecular flexibility index (Phi) is 9.59. The molecule has 5 amide bonds. The Morgan fingerprint density at radius 2 is 1.92 bits per heavy atom. The van der Waals surface area contributed by atoms with E-state index in [0.29, 0.717) is 25.8 Å². The maximum Gasteiger partial charge on any atom is 0.291 e. The van der Waals surface area contributed by atoms with E-state index in [4.69, 9.17) is 11.6 Å². The summed E-state index contributed by atoms with van der Waals surface area (Å²) in [5.41, 5.74) is -2.21. The Bertz CT molecular complexity index is 946. The number of hydrazine groups is 1.